The van der Waals surface area contributed by atoms with Crippen molar-refractivity contribution in [3.05, 3.63) is 0 Å². The fourth-order valence-electron chi connectivity index (χ4n) is 1.68. The molecule has 1 unspecified atom stereocenters. The molecule has 1 aliphatic heterocycles. The van der Waals surface area contributed by atoms with E-state index in [1.165, 1.54) is 0 Å². The Labute approximate surface area is 74.4 Å². The van der Waals surface area contributed by atoms with Crippen molar-refractivity contribution in [1.29, 1.82) is 0 Å². The molecule has 2 heteroatoms. The molecule has 0 bridgehead atoms. The number of β-amino-alcohol motifs (C(OH)–C–C–N with tert-alkyl or cyclic N) is 1. The van der Waals surface area contributed by atoms with E-state index in [1.54, 1.807) is 0 Å². The largest absolute Gasteiger partial charge is 0.389 e. The van der Waals surface area contributed by atoms with Crippen molar-refractivity contribution in [2.24, 2.45) is 0 Å². The van der Waals surface area contributed by atoms with Crippen LogP contribution in [0.1, 0.15) is 32.1 Å². The number of nitrogens with one attached hydrogen (secondary N) is 1. The number of aliphatic hydroxyl groups is 1. The molecule has 1 aliphatic rings. The quantitative estimate of drug-likeness (QED) is 0.483. The minimum absolute atomic E-state index is 0.477. The van der Waals surface area contributed by atoms with Crippen LogP contribution in [0.3, 0.4) is 0 Å². The standard InChI is InChI=1S/C10H17NO/c1-2-3-4-6-10(12)7-5-8-11-9-10/h1,11-12H,3-9H2. The van der Waals surface area contributed by atoms with Crippen molar-refractivity contribution in [2.75, 3.05) is 13.1 Å². The molecule has 0 amide bonds. The van der Waals surface area contributed by atoms with Crippen LogP contribution in [0, 0.1) is 12.3 Å². The molecule has 0 spiro atoms. The molecular formula is C10H17NO. The summed E-state index contributed by atoms with van der Waals surface area (Å²) in [5.74, 6) is 2.59. The molecule has 0 aromatic carbocycles. The molecule has 0 radical (unpaired) electrons. The summed E-state index contributed by atoms with van der Waals surface area (Å²) in [6, 6.07) is 0. The summed E-state index contributed by atoms with van der Waals surface area (Å²) in [5, 5.41) is 13.2. The number of terminal acetylenes is 1. The molecule has 2 N–H and O–H groups in total. The monoisotopic (exact) mass is 167 g/mol. The Morgan fingerprint density at radius 3 is 3.00 bits per heavy atom. The van der Waals surface area contributed by atoms with E-state index in [0.29, 0.717) is 0 Å². The first-order valence-electron chi connectivity index (χ1n) is 4.63. The first-order chi connectivity index (χ1) is 5.77. The van der Waals surface area contributed by atoms with Crippen molar-refractivity contribution in [3.63, 3.8) is 0 Å². The van der Waals surface area contributed by atoms with Crippen LogP contribution in [0.25, 0.3) is 0 Å². The molecule has 1 heterocycles. The summed E-state index contributed by atoms with van der Waals surface area (Å²) < 4.78 is 0. The Morgan fingerprint density at radius 2 is 2.42 bits per heavy atom. The second kappa shape index (κ2) is 4.49. The van der Waals surface area contributed by atoms with Crippen LogP contribution >= 0.6 is 0 Å². The topological polar surface area (TPSA) is 32.3 Å². The van der Waals surface area contributed by atoms with Gasteiger partial charge in [-0.3, -0.25) is 0 Å². The number of rotatable bonds is 3. The average molecular weight is 167 g/mol. The third-order valence-corrected chi connectivity index (χ3v) is 2.41. The molecule has 2 nitrogen and oxygen atoms in total. The van der Waals surface area contributed by atoms with Gasteiger partial charge in [0.05, 0.1) is 5.60 Å². The lowest BCUT2D eigenvalue weighted by molar-refractivity contribution is 0.00723. The highest BCUT2D eigenvalue weighted by molar-refractivity contribution is 4.88. The van der Waals surface area contributed by atoms with Gasteiger partial charge in [-0.25, -0.2) is 0 Å². The predicted molar refractivity (Wildman–Crippen MR) is 49.7 cm³/mol. The van der Waals surface area contributed by atoms with E-state index in [-0.39, 0.29) is 0 Å². The van der Waals surface area contributed by atoms with E-state index in [0.717, 1.165) is 45.2 Å². The van der Waals surface area contributed by atoms with E-state index in [2.05, 4.69) is 11.2 Å². The number of piperidine rings is 1. The Bertz CT molecular complexity index is 165. The zero-order valence-electron chi connectivity index (χ0n) is 7.47. The Kier molecular flexibility index (Phi) is 3.58. The van der Waals surface area contributed by atoms with Gasteiger partial charge in [-0.05, 0) is 32.2 Å². The van der Waals surface area contributed by atoms with Gasteiger partial charge >= 0.3 is 0 Å². The van der Waals surface area contributed by atoms with Gasteiger partial charge in [0.2, 0.25) is 0 Å². The Hall–Kier alpha value is -0.520. The van der Waals surface area contributed by atoms with Crippen molar-refractivity contribution in [2.45, 2.75) is 37.7 Å². The zero-order chi connectivity index (χ0) is 8.86. The van der Waals surface area contributed by atoms with Gasteiger partial charge in [-0.2, -0.15) is 0 Å². The maximum Gasteiger partial charge on any atom is 0.0772 e. The second-order valence-corrected chi connectivity index (χ2v) is 3.56. The van der Waals surface area contributed by atoms with Crippen molar-refractivity contribution >= 4 is 0 Å². The van der Waals surface area contributed by atoms with Gasteiger partial charge in [-0.1, -0.05) is 0 Å². The Morgan fingerprint density at radius 1 is 1.58 bits per heavy atom. The smallest absolute Gasteiger partial charge is 0.0772 e. The van der Waals surface area contributed by atoms with Gasteiger partial charge < -0.3 is 10.4 Å². The maximum atomic E-state index is 9.97. The van der Waals surface area contributed by atoms with E-state index < -0.39 is 5.60 Å². The molecule has 12 heavy (non-hydrogen) atoms. The van der Waals surface area contributed by atoms with E-state index >= 15 is 0 Å². The highest BCUT2D eigenvalue weighted by Crippen LogP contribution is 2.21. The van der Waals surface area contributed by atoms with E-state index in [9.17, 15) is 5.11 Å². The van der Waals surface area contributed by atoms with Gasteiger partial charge in [0.1, 0.15) is 0 Å². The number of hydrogen-bond acceptors (Lipinski definition) is 2. The summed E-state index contributed by atoms with van der Waals surface area (Å²) in [6.07, 6.45) is 9.69. The minimum atomic E-state index is -0.477. The van der Waals surface area contributed by atoms with Crippen LogP contribution in [0.5, 0.6) is 0 Å². The van der Waals surface area contributed by atoms with Crippen LogP contribution in [-0.4, -0.2) is 23.8 Å². The lowest BCUT2D eigenvalue weighted by Crippen LogP contribution is -2.45. The lowest BCUT2D eigenvalue weighted by Gasteiger charge is -2.32. The second-order valence-electron chi connectivity index (χ2n) is 3.56. The highest BCUT2D eigenvalue weighted by Gasteiger charge is 2.27. The molecule has 0 aromatic heterocycles. The van der Waals surface area contributed by atoms with Gasteiger partial charge in [0.25, 0.3) is 0 Å². The first-order valence-corrected chi connectivity index (χ1v) is 4.63. The van der Waals surface area contributed by atoms with Crippen molar-refractivity contribution in [1.82, 2.24) is 5.32 Å². The van der Waals surface area contributed by atoms with Crippen LogP contribution < -0.4 is 5.32 Å². The summed E-state index contributed by atoms with van der Waals surface area (Å²) >= 11 is 0. The molecule has 0 saturated carbocycles. The molecule has 0 aliphatic carbocycles. The van der Waals surface area contributed by atoms with Crippen LogP contribution in [0.15, 0.2) is 0 Å². The molecule has 1 saturated heterocycles. The van der Waals surface area contributed by atoms with E-state index in [4.69, 9.17) is 6.42 Å². The highest BCUT2D eigenvalue weighted by atomic mass is 16.3. The molecule has 1 fully saturated rings. The SMILES string of the molecule is C#CCCCC1(O)CCCNC1. The number of unbranched alkanes of at least 4 members (excludes halogenated alkanes) is 1. The minimum Gasteiger partial charge on any atom is -0.389 e. The molecule has 68 valence electrons. The van der Waals surface area contributed by atoms with Crippen LogP contribution in [0.4, 0.5) is 0 Å². The van der Waals surface area contributed by atoms with Crippen molar-refractivity contribution in [3.8, 4) is 12.3 Å². The summed E-state index contributed by atoms with van der Waals surface area (Å²) in [5.41, 5.74) is -0.477. The fourth-order valence-corrected chi connectivity index (χ4v) is 1.68. The zero-order valence-corrected chi connectivity index (χ0v) is 7.47. The molecule has 1 atom stereocenters. The molecule has 0 aromatic rings. The van der Waals surface area contributed by atoms with Crippen LogP contribution in [-0.2, 0) is 0 Å². The predicted octanol–water partition coefficient (Wildman–Crippen LogP) is 0.904. The Balaban J connectivity index is 2.23. The van der Waals surface area contributed by atoms with E-state index in [1.807, 2.05) is 0 Å². The molecular weight excluding hydrogens is 150 g/mol. The average Bonchev–Trinajstić information content (AvgIpc) is 2.06. The summed E-state index contributed by atoms with van der Waals surface area (Å²) in [4.78, 5) is 0. The first kappa shape index (κ1) is 9.57. The molecule has 1 rings (SSSR count). The van der Waals surface area contributed by atoms with Gasteiger partial charge in [-0.15, -0.1) is 12.3 Å². The third kappa shape index (κ3) is 2.84. The lowest BCUT2D eigenvalue weighted by atomic mass is 9.89. The van der Waals surface area contributed by atoms with Crippen molar-refractivity contribution < 1.29 is 5.11 Å². The normalized spacial score (nSPS) is 29.7. The number of hydrogen-bond donors (Lipinski definition) is 2. The fraction of sp³-hybridized carbons (Fsp3) is 0.800. The van der Waals surface area contributed by atoms with Gasteiger partial charge in [0, 0.05) is 13.0 Å². The maximum absolute atomic E-state index is 9.97. The summed E-state index contributed by atoms with van der Waals surface area (Å²) in [6.45, 7) is 1.77. The van der Waals surface area contributed by atoms with Gasteiger partial charge in [0.15, 0.2) is 0 Å². The van der Waals surface area contributed by atoms with Crippen LogP contribution in [0.2, 0.25) is 0 Å². The third-order valence-electron chi connectivity index (χ3n) is 2.41. The summed E-state index contributed by atoms with van der Waals surface area (Å²) in [7, 11) is 0.